The molecule has 3 aromatic rings. The van der Waals surface area contributed by atoms with Gasteiger partial charge in [0.2, 0.25) is 0 Å². The molecule has 0 radical (unpaired) electrons. The van der Waals surface area contributed by atoms with Crippen LogP contribution in [0.5, 0.6) is 0 Å². The molecule has 0 aliphatic heterocycles. The van der Waals surface area contributed by atoms with Crippen LogP contribution in [0.4, 0.5) is 4.79 Å². The fourth-order valence-electron chi connectivity index (χ4n) is 2.82. The van der Waals surface area contributed by atoms with E-state index in [1.165, 1.54) is 16.5 Å². The molecule has 1 aromatic heterocycles. The van der Waals surface area contributed by atoms with Gasteiger partial charge in [-0.2, -0.15) is 0 Å². The van der Waals surface area contributed by atoms with Crippen molar-refractivity contribution in [1.29, 1.82) is 0 Å². The van der Waals surface area contributed by atoms with Crippen molar-refractivity contribution in [3.05, 3.63) is 71.9 Å². The normalized spacial score (nSPS) is 12.2. The van der Waals surface area contributed by atoms with Crippen LogP contribution in [-0.4, -0.2) is 22.7 Å². The van der Waals surface area contributed by atoms with Crippen molar-refractivity contribution in [3.63, 3.8) is 0 Å². The lowest BCUT2D eigenvalue weighted by Gasteiger charge is -2.18. The lowest BCUT2D eigenvalue weighted by atomic mass is 9.88. The summed E-state index contributed by atoms with van der Waals surface area (Å²) in [7, 11) is 0. The van der Waals surface area contributed by atoms with Crippen molar-refractivity contribution < 1.29 is 9.90 Å². The van der Waals surface area contributed by atoms with Gasteiger partial charge in [-0.3, -0.25) is 0 Å². The second-order valence-corrected chi connectivity index (χ2v) is 5.31. The average molecular weight is 294 g/mol. The maximum atomic E-state index is 10.7. The van der Waals surface area contributed by atoms with Gasteiger partial charge >= 0.3 is 6.09 Å². The molecule has 3 rings (SSSR count). The summed E-state index contributed by atoms with van der Waals surface area (Å²) in [5, 5.41) is 12.4. The third-order valence-electron chi connectivity index (χ3n) is 3.89. The summed E-state index contributed by atoms with van der Waals surface area (Å²) in [6, 6.07) is 18.6. The number of carbonyl (C=O) groups is 1. The van der Waals surface area contributed by atoms with Gasteiger partial charge in [0.15, 0.2) is 0 Å². The van der Waals surface area contributed by atoms with Gasteiger partial charge in [0.05, 0.1) is 0 Å². The Hall–Kier alpha value is -2.75. The van der Waals surface area contributed by atoms with Gasteiger partial charge < -0.3 is 15.4 Å². The molecule has 2 aromatic carbocycles. The van der Waals surface area contributed by atoms with Crippen LogP contribution in [0, 0.1) is 0 Å². The highest BCUT2D eigenvalue weighted by Crippen LogP contribution is 2.29. The lowest BCUT2D eigenvalue weighted by molar-refractivity contribution is 0.194. The predicted octanol–water partition coefficient (Wildman–Crippen LogP) is 3.96. The monoisotopic (exact) mass is 294 g/mol. The van der Waals surface area contributed by atoms with Crippen LogP contribution in [0.1, 0.15) is 23.5 Å². The minimum absolute atomic E-state index is 0.167. The summed E-state index contributed by atoms with van der Waals surface area (Å²) in [5.74, 6) is 0.167. The summed E-state index contributed by atoms with van der Waals surface area (Å²) < 4.78 is 0. The first-order valence-corrected chi connectivity index (χ1v) is 7.33. The first-order valence-electron chi connectivity index (χ1n) is 7.33. The molecule has 1 atom stereocenters. The van der Waals surface area contributed by atoms with Gasteiger partial charge in [-0.15, -0.1) is 0 Å². The Morgan fingerprint density at radius 2 is 1.91 bits per heavy atom. The lowest BCUT2D eigenvalue weighted by Crippen LogP contribution is -2.23. The Labute approximate surface area is 128 Å². The van der Waals surface area contributed by atoms with E-state index in [1.54, 1.807) is 0 Å². The van der Waals surface area contributed by atoms with E-state index in [0.29, 0.717) is 6.54 Å². The fraction of sp³-hybridized carbons (Fsp3) is 0.167. The molecule has 112 valence electrons. The van der Waals surface area contributed by atoms with Gasteiger partial charge in [0.25, 0.3) is 0 Å². The van der Waals surface area contributed by atoms with Gasteiger partial charge in [-0.1, -0.05) is 42.5 Å². The number of rotatable bonds is 5. The van der Waals surface area contributed by atoms with E-state index in [1.807, 2.05) is 30.5 Å². The second-order valence-electron chi connectivity index (χ2n) is 5.31. The molecule has 0 saturated heterocycles. The Morgan fingerprint density at radius 1 is 1.09 bits per heavy atom. The molecule has 1 heterocycles. The Kier molecular flexibility index (Phi) is 4.10. The molecular weight excluding hydrogens is 276 g/mol. The molecule has 3 N–H and O–H groups in total. The molecule has 0 bridgehead atoms. The van der Waals surface area contributed by atoms with E-state index in [-0.39, 0.29) is 5.92 Å². The summed E-state index contributed by atoms with van der Waals surface area (Å²) in [4.78, 5) is 13.9. The van der Waals surface area contributed by atoms with E-state index in [4.69, 9.17) is 5.11 Å². The summed E-state index contributed by atoms with van der Waals surface area (Å²) in [6.07, 6.45) is 1.67. The van der Waals surface area contributed by atoms with Gasteiger partial charge in [0.1, 0.15) is 0 Å². The van der Waals surface area contributed by atoms with E-state index in [0.717, 1.165) is 11.9 Å². The molecule has 1 unspecified atom stereocenters. The quantitative estimate of drug-likeness (QED) is 0.667. The number of benzene rings is 2. The van der Waals surface area contributed by atoms with Gasteiger partial charge in [0, 0.05) is 24.2 Å². The second kappa shape index (κ2) is 6.35. The summed E-state index contributed by atoms with van der Waals surface area (Å²) in [5.41, 5.74) is 3.48. The Morgan fingerprint density at radius 3 is 2.68 bits per heavy atom. The zero-order valence-electron chi connectivity index (χ0n) is 12.1. The molecule has 0 aliphatic carbocycles. The van der Waals surface area contributed by atoms with Crippen molar-refractivity contribution in [2.75, 3.05) is 6.54 Å². The Balaban J connectivity index is 1.91. The van der Waals surface area contributed by atoms with Gasteiger partial charge in [-0.25, -0.2) is 4.79 Å². The number of hydrogen-bond acceptors (Lipinski definition) is 1. The first-order chi connectivity index (χ1) is 10.7. The number of H-pyrrole nitrogens is 1. The minimum atomic E-state index is -0.980. The molecule has 22 heavy (non-hydrogen) atoms. The van der Waals surface area contributed by atoms with E-state index >= 15 is 0 Å². The molecule has 0 fully saturated rings. The highest BCUT2D eigenvalue weighted by Gasteiger charge is 2.15. The van der Waals surface area contributed by atoms with Crippen molar-refractivity contribution >= 4 is 17.0 Å². The molecular formula is C18H18N2O2. The number of hydrogen-bond donors (Lipinski definition) is 3. The zero-order chi connectivity index (χ0) is 15.4. The number of aromatic nitrogens is 1. The Bertz CT molecular complexity index is 765. The highest BCUT2D eigenvalue weighted by molar-refractivity contribution is 5.80. The number of amides is 1. The number of aromatic amines is 1. The summed E-state index contributed by atoms with van der Waals surface area (Å²) >= 11 is 0. The topological polar surface area (TPSA) is 65.1 Å². The van der Waals surface area contributed by atoms with Crippen LogP contribution < -0.4 is 5.32 Å². The number of nitrogens with one attached hydrogen (secondary N) is 2. The standard InChI is InChI=1S/C18H18N2O2/c21-18(22)20-11-9-16(13-4-2-1-3-5-13)15-7-6-14-8-10-19-17(14)12-15/h1-8,10,12,16,19-20H,9,11H2,(H,21,22). The smallest absolute Gasteiger partial charge is 0.404 e. The zero-order valence-corrected chi connectivity index (χ0v) is 12.1. The number of fused-ring (bicyclic) bond motifs is 1. The molecule has 0 aliphatic rings. The molecule has 0 spiro atoms. The molecule has 4 heteroatoms. The molecule has 1 amide bonds. The predicted molar refractivity (Wildman–Crippen MR) is 87.2 cm³/mol. The largest absolute Gasteiger partial charge is 0.465 e. The van der Waals surface area contributed by atoms with Crippen molar-refractivity contribution in [1.82, 2.24) is 10.3 Å². The van der Waals surface area contributed by atoms with Crippen LogP contribution in [0.2, 0.25) is 0 Å². The number of carboxylic acid groups (broad SMARTS) is 1. The van der Waals surface area contributed by atoms with Crippen LogP contribution in [0.3, 0.4) is 0 Å². The first kappa shape index (κ1) is 14.2. The van der Waals surface area contributed by atoms with Crippen LogP contribution >= 0.6 is 0 Å². The van der Waals surface area contributed by atoms with Crippen molar-refractivity contribution in [2.45, 2.75) is 12.3 Å². The van der Waals surface area contributed by atoms with Gasteiger partial charge in [-0.05, 0) is 35.1 Å². The third-order valence-corrected chi connectivity index (χ3v) is 3.89. The third kappa shape index (κ3) is 3.11. The van der Waals surface area contributed by atoms with Crippen LogP contribution in [0.15, 0.2) is 60.8 Å². The summed E-state index contributed by atoms with van der Waals surface area (Å²) in [6.45, 7) is 0.428. The van der Waals surface area contributed by atoms with E-state index < -0.39 is 6.09 Å². The van der Waals surface area contributed by atoms with E-state index in [9.17, 15) is 4.79 Å². The van der Waals surface area contributed by atoms with Crippen molar-refractivity contribution in [3.8, 4) is 0 Å². The van der Waals surface area contributed by atoms with Crippen LogP contribution in [-0.2, 0) is 0 Å². The molecule has 0 saturated carbocycles. The SMILES string of the molecule is O=C(O)NCCC(c1ccccc1)c1ccc2cc[nH]c2c1. The van der Waals surface area contributed by atoms with Crippen LogP contribution in [0.25, 0.3) is 10.9 Å². The van der Waals surface area contributed by atoms with E-state index in [2.05, 4.69) is 40.6 Å². The molecule has 4 nitrogen and oxygen atoms in total. The van der Waals surface area contributed by atoms with Crippen molar-refractivity contribution in [2.24, 2.45) is 0 Å². The minimum Gasteiger partial charge on any atom is -0.465 e. The fourth-order valence-corrected chi connectivity index (χ4v) is 2.82. The maximum Gasteiger partial charge on any atom is 0.404 e. The highest BCUT2D eigenvalue weighted by atomic mass is 16.4. The maximum absolute atomic E-state index is 10.7. The average Bonchev–Trinajstić information content (AvgIpc) is 2.99.